The molecule has 100 valence electrons. The fourth-order valence-electron chi connectivity index (χ4n) is 3.01. The Bertz CT molecular complexity index is 409. The first kappa shape index (κ1) is 14.0. The van der Waals surface area contributed by atoms with Gasteiger partial charge in [-0.05, 0) is 44.1 Å². The molecule has 1 aliphatic carbocycles. The van der Waals surface area contributed by atoms with E-state index in [4.69, 9.17) is 5.73 Å². The van der Waals surface area contributed by atoms with Crippen LogP contribution in [0.25, 0.3) is 0 Å². The fraction of sp³-hybridized carbons (Fsp3) is 0.600. The van der Waals surface area contributed by atoms with Crippen molar-refractivity contribution < 1.29 is 0 Å². The molecule has 0 heterocycles. The molecule has 0 atom stereocenters. The number of hydrogen-bond acceptors (Lipinski definition) is 2. The molecule has 0 aromatic heterocycles. The fourth-order valence-corrected chi connectivity index (χ4v) is 3.51. The zero-order valence-corrected chi connectivity index (χ0v) is 13.0. The SMILES string of the molecule is CN(C)Cc1ccc(C2(CN)CCCC2)cc1Br. The summed E-state index contributed by atoms with van der Waals surface area (Å²) in [7, 11) is 4.19. The third-order valence-corrected chi connectivity index (χ3v) is 4.84. The van der Waals surface area contributed by atoms with Gasteiger partial charge < -0.3 is 10.6 Å². The Hall–Kier alpha value is -0.380. The zero-order valence-electron chi connectivity index (χ0n) is 11.4. The lowest BCUT2D eigenvalue weighted by atomic mass is 9.79. The number of nitrogens with zero attached hydrogens (tertiary/aromatic N) is 1. The van der Waals surface area contributed by atoms with Gasteiger partial charge in [-0.25, -0.2) is 0 Å². The molecule has 1 aliphatic rings. The van der Waals surface area contributed by atoms with E-state index in [1.165, 1.54) is 41.3 Å². The molecule has 0 radical (unpaired) electrons. The summed E-state index contributed by atoms with van der Waals surface area (Å²) in [5.41, 5.74) is 9.04. The van der Waals surface area contributed by atoms with Gasteiger partial charge in [0.1, 0.15) is 0 Å². The lowest BCUT2D eigenvalue weighted by molar-refractivity contribution is 0.401. The first-order valence-electron chi connectivity index (χ1n) is 6.71. The van der Waals surface area contributed by atoms with Gasteiger partial charge in [0.25, 0.3) is 0 Å². The van der Waals surface area contributed by atoms with E-state index in [1.807, 2.05) is 0 Å². The lowest BCUT2D eigenvalue weighted by Crippen LogP contribution is -2.32. The molecule has 2 N–H and O–H groups in total. The second-order valence-corrected chi connectivity index (χ2v) is 6.59. The van der Waals surface area contributed by atoms with Crippen LogP contribution in [0.3, 0.4) is 0 Å². The van der Waals surface area contributed by atoms with Crippen molar-refractivity contribution in [1.82, 2.24) is 4.90 Å². The van der Waals surface area contributed by atoms with E-state index in [0.717, 1.165) is 13.1 Å². The van der Waals surface area contributed by atoms with Gasteiger partial charge in [0.2, 0.25) is 0 Å². The molecule has 1 fully saturated rings. The average Bonchev–Trinajstić information content (AvgIpc) is 2.81. The summed E-state index contributed by atoms with van der Waals surface area (Å²) in [4.78, 5) is 2.19. The molecule has 0 bridgehead atoms. The number of rotatable bonds is 4. The van der Waals surface area contributed by atoms with E-state index in [9.17, 15) is 0 Å². The summed E-state index contributed by atoms with van der Waals surface area (Å²) in [5, 5.41) is 0. The normalized spacial score (nSPS) is 18.5. The predicted octanol–water partition coefficient (Wildman–Crippen LogP) is 3.28. The molecule has 0 aliphatic heterocycles. The summed E-state index contributed by atoms with van der Waals surface area (Å²) in [6.45, 7) is 1.74. The molecular weight excluding hydrogens is 288 g/mol. The van der Waals surface area contributed by atoms with Crippen LogP contribution in [0.4, 0.5) is 0 Å². The number of halogens is 1. The Kier molecular flexibility index (Phi) is 4.46. The van der Waals surface area contributed by atoms with Gasteiger partial charge in [-0.15, -0.1) is 0 Å². The molecule has 1 saturated carbocycles. The van der Waals surface area contributed by atoms with E-state index in [0.29, 0.717) is 0 Å². The van der Waals surface area contributed by atoms with Gasteiger partial charge in [-0.3, -0.25) is 0 Å². The van der Waals surface area contributed by atoms with E-state index in [-0.39, 0.29) is 5.41 Å². The van der Waals surface area contributed by atoms with Crippen LogP contribution in [0.2, 0.25) is 0 Å². The third-order valence-electron chi connectivity index (χ3n) is 4.10. The van der Waals surface area contributed by atoms with E-state index >= 15 is 0 Å². The van der Waals surface area contributed by atoms with Crippen molar-refractivity contribution in [2.75, 3.05) is 20.6 Å². The van der Waals surface area contributed by atoms with E-state index in [2.05, 4.69) is 53.1 Å². The minimum absolute atomic E-state index is 0.235. The highest BCUT2D eigenvalue weighted by molar-refractivity contribution is 9.10. The summed E-state index contributed by atoms with van der Waals surface area (Å²) < 4.78 is 1.22. The van der Waals surface area contributed by atoms with Gasteiger partial charge >= 0.3 is 0 Å². The smallest absolute Gasteiger partial charge is 0.0238 e. The average molecular weight is 311 g/mol. The van der Waals surface area contributed by atoms with Crippen LogP contribution in [0.15, 0.2) is 22.7 Å². The second-order valence-electron chi connectivity index (χ2n) is 5.74. The predicted molar refractivity (Wildman–Crippen MR) is 80.7 cm³/mol. The van der Waals surface area contributed by atoms with Crippen LogP contribution < -0.4 is 5.73 Å². The van der Waals surface area contributed by atoms with Crippen molar-refractivity contribution in [3.63, 3.8) is 0 Å². The van der Waals surface area contributed by atoms with Crippen LogP contribution in [0.1, 0.15) is 36.8 Å². The molecule has 0 unspecified atom stereocenters. The molecule has 18 heavy (non-hydrogen) atoms. The molecule has 1 aromatic carbocycles. The molecule has 2 nitrogen and oxygen atoms in total. The van der Waals surface area contributed by atoms with Crippen LogP contribution in [0, 0.1) is 0 Å². The first-order valence-corrected chi connectivity index (χ1v) is 7.50. The highest BCUT2D eigenvalue weighted by Crippen LogP contribution is 2.41. The molecule has 1 aromatic rings. The molecule has 0 saturated heterocycles. The Morgan fingerprint density at radius 1 is 1.28 bits per heavy atom. The maximum absolute atomic E-state index is 6.05. The number of nitrogens with two attached hydrogens (primary N) is 1. The Morgan fingerprint density at radius 3 is 2.44 bits per heavy atom. The maximum atomic E-state index is 6.05. The van der Waals surface area contributed by atoms with Crippen LogP contribution in [-0.2, 0) is 12.0 Å². The molecular formula is C15H23BrN2. The standard InChI is InChI=1S/C15H23BrN2/c1-18(2)10-12-5-6-13(9-14(12)16)15(11-17)7-3-4-8-15/h5-6,9H,3-4,7-8,10-11,17H2,1-2H3. The van der Waals surface area contributed by atoms with Crippen molar-refractivity contribution in [1.29, 1.82) is 0 Å². The highest BCUT2D eigenvalue weighted by atomic mass is 79.9. The Labute approximate surface area is 119 Å². The topological polar surface area (TPSA) is 29.3 Å². The summed E-state index contributed by atoms with van der Waals surface area (Å²) in [6.07, 6.45) is 5.11. The monoisotopic (exact) mass is 310 g/mol. The lowest BCUT2D eigenvalue weighted by Gasteiger charge is -2.28. The number of benzene rings is 1. The van der Waals surface area contributed by atoms with Gasteiger partial charge in [-0.1, -0.05) is 40.9 Å². The maximum Gasteiger partial charge on any atom is 0.0238 e. The summed E-state index contributed by atoms with van der Waals surface area (Å²) >= 11 is 3.71. The van der Waals surface area contributed by atoms with Crippen molar-refractivity contribution in [3.05, 3.63) is 33.8 Å². The third kappa shape index (κ3) is 2.79. The van der Waals surface area contributed by atoms with Crippen molar-refractivity contribution in [3.8, 4) is 0 Å². The first-order chi connectivity index (χ1) is 8.57. The van der Waals surface area contributed by atoms with Gasteiger partial charge in [0.15, 0.2) is 0 Å². The Balaban J connectivity index is 2.27. The second kappa shape index (κ2) is 5.72. The van der Waals surface area contributed by atoms with Gasteiger partial charge in [0, 0.05) is 23.0 Å². The van der Waals surface area contributed by atoms with Crippen LogP contribution >= 0.6 is 15.9 Å². The van der Waals surface area contributed by atoms with Crippen molar-refractivity contribution >= 4 is 15.9 Å². The Morgan fingerprint density at radius 2 is 1.94 bits per heavy atom. The largest absolute Gasteiger partial charge is 0.330 e. The molecule has 0 amide bonds. The van der Waals surface area contributed by atoms with Gasteiger partial charge in [-0.2, -0.15) is 0 Å². The summed E-state index contributed by atoms with van der Waals surface area (Å²) in [6, 6.07) is 6.81. The van der Waals surface area contributed by atoms with E-state index in [1.54, 1.807) is 0 Å². The zero-order chi connectivity index (χ0) is 13.2. The van der Waals surface area contributed by atoms with E-state index < -0.39 is 0 Å². The highest BCUT2D eigenvalue weighted by Gasteiger charge is 2.34. The minimum Gasteiger partial charge on any atom is -0.330 e. The van der Waals surface area contributed by atoms with Crippen LogP contribution in [-0.4, -0.2) is 25.5 Å². The number of hydrogen-bond donors (Lipinski definition) is 1. The van der Waals surface area contributed by atoms with Crippen molar-refractivity contribution in [2.24, 2.45) is 5.73 Å². The molecule has 0 spiro atoms. The quantitative estimate of drug-likeness (QED) is 0.924. The minimum atomic E-state index is 0.235. The summed E-state index contributed by atoms with van der Waals surface area (Å²) in [5.74, 6) is 0. The molecule has 3 heteroatoms. The molecule has 2 rings (SSSR count). The van der Waals surface area contributed by atoms with Crippen molar-refractivity contribution in [2.45, 2.75) is 37.6 Å². The van der Waals surface area contributed by atoms with Crippen LogP contribution in [0.5, 0.6) is 0 Å². The van der Waals surface area contributed by atoms with Gasteiger partial charge in [0.05, 0.1) is 0 Å².